The Morgan fingerprint density at radius 2 is 2.18 bits per heavy atom. The van der Waals surface area contributed by atoms with Gasteiger partial charge in [0.05, 0.1) is 13.1 Å². The number of carboxylic acids is 1. The molecule has 0 aliphatic heterocycles. The molecule has 0 unspecified atom stereocenters. The maximum absolute atomic E-state index is 11.6. The number of hydrogen-bond donors (Lipinski definition) is 3. The van der Waals surface area contributed by atoms with Crippen molar-refractivity contribution in [3.63, 3.8) is 0 Å². The van der Waals surface area contributed by atoms with E-state index in [1.54, 1.807) is 0 Å². The molecule has 1 aliphatic rings. The van der Waals surface area contributed by atoms with E-state index in [2.05, 4.69) is 11.2 Å². The fraction of sp³-hybridized carbons (Fsp3) is 0.636. The van der Waals surface area contributed by atoms with Gasteiger partial charge in [0.15, 0.2) is 6.10 Å². The molecule has 1 saturated carbocycles. The minimum absolute atomic E-state index is 0.186. The Kier molecular flexibility index (Phi) is 4.79. The summed E-state index contributed by atoms with van der Waals surface area (Å²) in [4.78, 5) is 23.4. The molecule has 0 aromatic rings. The van der Waals surface area contributed by atoms with Gasteiger partial charge in [0.2, 0.25) is 0 Å². The molecule has 1 aliphatic carbocycles. The maximum Gasteiger partial charge on any atom is 0.334 e. The number of amides is 2. The number of nitrogens with one attached hydrogen (secondary N) is 1. The van der Waals surface area contributed by atoms with E-state index in [0.717, 1.165) is 12.8 Å². The van der Waals surface area contributed by atoms with Crippen LogP contribution in [-0.4, -0.2) is 52.9 Å². The molecule has 0 radical (unpaired) electrons. The van der Waals surface area contributed by atoms with Gasteiger partial charge < -0.3 is 20.4 Å². The van der Waals surface area contributed by atoms with Crippen LogP contribution in [0.15, 0.2) is 0 Å². The van der Waals surface area contributed by atoms with Crippen molar-refractivity contribution in [3.05, 3.63) is 0 Å². The first kappa shape index (κ1) is 13.3. The Morgan fingerprint density at radius 1 is 1.53 bits per heavy atom. The third-order valence-electron chi connectivity index (χ3n) is 2.48. The number of hydrogen-bond acceptors (Lipinski definition) is 3. The predicted octanol–water partition coefficient (Wildman–Crippen LogP) is -0.513. The lowest BCUT2D eigenvalue weighted by atomic mass is 10.3. The van der Waals surface area contributed by atoms with E-state index in [-0.39, 0.29) is 13.1 Å². The Morgan fingerprint density at radius 3 is 2.65 bits per heavy atom. The lowest BCUT2D eigenvalue weighted by Gasteiger charge is -2.21. The lowest BCUT2D eigenvalue weighted by Crippen LogP contribution is -2.45. The molecule has 2 amide bonds. The predicted molar refractivity (Wildman–Crippen MR) is 60.2 cm³/mol. The third-order valence-corrected chi connectivity index (χ3v) is 2.48. The van der Waals surface area contributed by atoms with E-state index in [9.17, 15) is 9.59 Å². The highest BCUT2D eigenvalue weighted by atomic mass is 16.4. The number of nitrogens with zero attached hydrogens (tertiary/aromatic N) is 1. The van der Waals surface area contributed by atoms with E-state index in [1.165, 1.54) is 4.90 Å². The van der Waals surface area contributed by atoms with Crippen molar-refractivity contribution in [2.24, 2.45) is 5.92 Å². The quantitative estimate of drug-likeness (QED) is 0.545. The Hall–Kier alpha value is -1.74. The van der Waals surface area contributed by atoms with Gasteiger partial charge in [-0.2, -0.15) is 0 Å². The second kappa shape index (κ2) is 6.11. The summed E-state index contributed by atoms with van der Waals surface area (Å²) in [5, 5.41) is 19.8. The van der Waals surface area contributed by atoms with Gasteiger partial charge in [0.1, 0.15) is 0 Å². The van der Waals surface area contributed by atoms with Gasteiger partial charge in [-0.05, 0) is 18.8 Å². The second-order valence-corrected chi connectivity index (χ2v) is 4.07. The molecule has 0 aromatic heterocycles. The lowest BCUT2D eigenvalue weighted by molar-refractivity contribution is -0.146. The van der Waals surface area contributed by atoms with Crippen LogP contribution >= 0.6 is 0 Å². The number of aliphatic hydroxyl groups excluding tert-OH is 1. The summed E-state index contributed by atoms with van der Waals surface area (Å²) in [7, 11) is 0. The summed E-state index contributed by atoms with van der Waals surface area (Å²) in [6.07, 6.45) is 5.74. The summed E-state index contributed by atoms with van der Waals surface area (Å²) < 4.78 is 0. The third kappa shape index (κ3) is 4.74. The van der Waals surface area contributed by atoms with E-state index in [1.807, 2.05) is 0 Å². The summed E-state index contributed by atoms with van der Waals surface area (Å²) in [5.41, 5.74) is 0. The molecule has 17 heavy (non-hydrogen) atoms. The SMILES string of the molecule is C#CCN(CC1CC1)C(=O)NC[C@H](O)C(=O)O. The van der Waals surface area contributed by atoms with Gasteiger partial charge in [-0.15, -0.1) is 6.42 Å². The molecular formula is C11H16N2O4. The van der Waals surface area contributed by atoms with Gasteiger partial charge in [-0.1, -0.05) is 5.92 Å². The number of terminal acetylenes is 1. The van der Waals surface area contributed by atoms with Crippen LogP contribution in [0.4, 0.5) is 4.79 Å². The standard InChI is InChI=1S/C11H16N2O4/c1-2-5-13(7-8-3-4-8)11(17)12-6-9(14)10(15)16/h1,8-9,14H,3-7H2,(H,12,17)(H,15,16)/t9-/m0/s1. The van der Waals surface area contributed by atoms with Crippen LogP contribution in [0.2, 0.25) is 0 Å². The highest BCUT2D eigenvalue weighted by molar-refractivity contribution is 5.77. The zero-order valence-electron chi connectivity index (χ0n) is 9.43. The van der Waals surface area contributed by atoms with Crippen molar-refractivity contribution in [2.45, 2.75) is 18.9 Å². The normalized spacial score (nSPS) is 15.8. The highest BCUT2D eigenvalue weighted by Crippen LogP contribution is 2.29. The summed E-state index contributed by atoms with van der Waals surface area (Å²) in [5.74, 6) is 1.51. The first-order valence-electron chi connectivity index (χ1n) is 5.41. The Bertz CT molecular complexity index is 333. The maximum atomic E-state index is 11.6. The first-order chi connectivity index (χ1) is 8.04. The van der Waals surface area contributed by atoms with Crippen LogP contribution < -0.4 is 5.32 Å². The zero-order chi connectivity index (χ0) is 12.8. The molecule has 1 rings (SSSR count). The molecule has 0 bridgehead atoms. The molecule has 0 aromatic carbocycles. The number of carboxylic acid groups (broad SMARTS) is 1. The van der Waals surface area contributed by atoms with Crippen molar-refractivity contribution in [3.8, 4) is 12.3 Å². The second-order valence-electron chi connectivity index (χ2n) is 4.07. The van der Waals surface area contributed by atoms with Crippen molar-refractivity contribution < 1.29 is 19.8 Å². The Balaban J connectivity index is 2.36. The number of carbonyl (C=O) groups is 2. The number of aliphatic hydroxyl groups is 1. The van der Waals surface area contributed by atoms with Crippen LogP contribution in [0.3, 0.4) is 0 Å². The minimum Gasteiger partial charge on any atom is -0.479 e. The summed E-state index contributed by atoms with van der Waals surface area (Å²) in [6.45, 7) is 0.449. The molecule has 6 nitrogen and oxygen atoms in total. The van der Waals surface area contributed by atoms with Gasteiger partial charge >= 0.3 is 12.0 Å². The monoisotopic (exact) mass is 240 g/mol. The van der Waals surface area contributed by atoms with E-state index < -0.39 is 18.1 Å². The Labute approximate surface area is 99.6 Å². The van der Waals surface area contributed by atoms with Gasteiger partial charge in [0.25, 0.3) is 0 Å². The summed E-state index contributed by atoms with van der Waals surface area (Å²) >= 11 is 0. The molecule has 1 atom stereocenters. The first-order valence-corrected chi connectivity index (χ1v) is 5.41. The number of aliphatic carboxylic acids is 1. The van der Waals surface area contributed by atoms with Crippen LogP contribution in [0.1, 0.15) is 12.8 Å². The van der Waals surface area contributed by atoms with Crippen LogP contribution in [-0.2, 0) is 4.79 Å². The summed E-state index contributed by atoms with van der Waals surface area (Å²) in [6, 6.07) is -0.435. The topological polar surface area (TPSA) is 89.9 Å². The van der Waals surface area contributed by atoms with Crippen molar-refractivity contribution in [1.29, 1.82) is 0 Å². The smallest absolute Gasteiger partial charge is 0.334 e. The van der Waals surface area contributed by atoms with Gasteiger partial charge in [-0.25, -0.2) is 9.59 Å². The van der Waals surface area contributed by atoms with E-state index >= 15 is 0 Å². The molecule has 94 valence electrons. The molecule has 3 N–H and O–H groups in total. The van der Waals surface area contributed by atoms with Crippen molar-refractivity contribution >= 4 is 12.0 Å². The van der Waals surface area contributed by atoms with Crippen molar-refractivity contribution in [2.75, 3.05) is 19.6 Å². The van der Waals surface area contributed by atoms with E-state index in [4.69, 9.17) is 16.6 Å². The zero-order valence-corrected chi connectivity index (χ0v) is 9.43. The van der Waals surface area contributed by atoms with Crippen molar-refractivity contribution in [1.82, 2.24) is 10.2 Å². The van der Waals surface area contributed by atoms with Gasteiger partial charge in [0, 0.05) is 6.54 Å². The molecule has 0 spiro atoms. The van der Waals surface area contributed by atoms with E-state index in [0.29, 0.717) is 12.5 Å². The molecular weight excluding hydrogens is 224 g/mol. The van der Waals surface area contributed by atoms with Gasteiger partial charge in [-0.3, -0.25) is 0 Å². The fourth-order valence-electron chi connectivity index (χ4n) is 1.32. The fourth-order valence-corrected chi connectivity index (χ4v) is 1.32. The number of urea groups is 1. The molecule has 0 heterocycles. The van der Waals surface area contributed by atoms with Crippen LogP contribution in [0, 0.1) is 18.3 Å². The average molecular weight is 240 g/mol. The van der Waals surface area contributed by atoms with Crippen LogP contribution in [0.5, 0.6) is 0 Å². The molecule has 0 saturated heterocycles. The average Bonchev–Trinajstić information content (AvgIpc) is 3.08. The van der Waals surface area contributed by atoms with Crippen LogP contribution in [0.25, 0.3) is 0 Å². The number of rotatable bonds is 6. The minimum atomic E-state index is -1.59. The number of carbonyl (C=O) groups excluding carboxylic acids is 1. The highest BCUT2D eigenvalue weighted by Gasteiger charge is 2.26. The molecule has 6 heteroatoms. The largest absolute Gasteiger partial charge is 0.479 e. The molecule has 1 fully saturated rings.